The number of hydrogen-bond acceptors (Lipinski definition) is 4. The predicted octanol–water partition coefficient (Wildman–Crippen LogP) is 3.12. The van der Waals surface area contributed by atoms with E-state index in [1.807, 2.05) is 30.3 Å². The second-order valence-electron chi connectivity index (χ2n) is 7.84. The van der Waals surface area contributed by atoms with E-state index in [-0.39, 0.29) is 11.5 Å². The fourth-order valence-corrected chi connectivity index (χ4v) is 4.18. The van der Waals surface area contributed by atoms with Crippen LogP contribution in [0, 0.1) is 5.82 Å². The molecule has 0 aromatic heterocycles. The standard InChI is InChI=1S/C25H21FN4O2/c1-30-21-13-7-4-10-17(21)22(16-9-3-5-11-18(16)26)28-23(25(30)32)29-24(31)20-14-15-8-2-6-12-19(15)27-20/h2-13,20,23,27H,14H2,1H3,(H,29,31)/t20-,23?/m1/s1. The molecule has 0 spiro atoms. The van der Waals surface area contributed by atoms with Gasteiger partial charge >= 0.3 is 0 Å². The molecule has 2 aliphatic heterocycles. The van der Waals surface area contributed by atoms with Gasteiger partial charge in [-0.2, -0.15) is 0 Å². The third-order valence-electron chi connectivity index (χ3n) is 5.84. The maximum absolute atomic E-state index is 14.7. The lowest BCUT2D eigenvalue weighted by atomic mass is 10.00. The average Bonchev–Trinajstić information content (AvgIpc) is 3.22. The number of nitrogens with one attached hydrogen (secondary N) is 2. The molecule has 32 heavy (non-hydrogen) atoms. The van der Waals surface area contributed by atoms with Crippen LogP contribution in [0.5, 0.6) is 0 Å². The van der Waals surface area contributed by atoms with Crippen molar-refractivity contribution in [1.82, 2.24) is 5.32 Å². The van der Waals surface area contributed by atoms with Crippen molar-refractivity contribution in [2.24, 2.45) is 4.99 Å². The van der Waals surface area contributed by atoms with Gasteiger partial charge in [-0.1, -0.05) is 48.5 Å². The number of hydrogen-bond donors (Lipinski definition) is 2. The second-order valence-corrected chi connectivity index (χ2v) is 7.84. The number of likely N-dealkylation sites (N-methyl/N-ethyl adjacent to an activating group) is 1. The summed E-state index contributed by atoms with van der Waals surface area (Å²) in [6.45, 7) is 0. The molecule has 0 saturated carbocycles. The van der Waals surface area contributed by atoms with Crippen molar-refractivity contribution in [3.05, 3.63) is 95.3 Å². The van der Waals surface area contributed by atoms with Crippen LogP contribution in [-0.2, 0) is 16.0 Å². The lowest BCUT2D eigenvalue weighted by molar-refractivity contribution is -0.127. The monoisotopic (exact) mass is 428 g/mol. The van der Waals surface area contributed by atoms with Gasteiger partial charge in [0.25, 0.3) is 5.91 Å². The van der Waals surface area contributed by atoms with Crippen LogP contribution in [0.1, 0.15) is 16.7 Å². The molecule has 5 rings (SSSR count). The molecule has 3 aromatic rings. The van der Waals surface area contributed by atoms with Crippen LogP contribution in [0.15, 0.2) is 77.8 Å². The highest BCUT2D eigenvalue weighted by Crippen LogP contribution is 2.29. The van der Waals surface area contributed by atoms with Gasteiger partial charge in [0.15, 0.2) is 0 Å². The van der Waals surface area contributed by atoms with Crippen molar-refractivity contribution in [2.45, 2.75) is 18.6 Å². The van der Waals surface area contributed by atoms with E-state index in [4.69, 9.17) is 0 Å². The first-order valence-corrected chi connectivity index (χ1v) is 10.4. The molecule has 2 heterocycles. The van der Waals surface area contributed by atoms with Crippen molar-refractivity contribution in [3.63, 3.8) is 0 Å². The fourth-order valence-electron chi connectivity index (χ4n) is 4.18. The molecule has 0 saturated heterocycles. The Hall–Kier alpha value is -4.00. The maximum atomic E-state index is 14.7. The van der Waals surface area contributed by atoms with Gasteiger partial charge < -0.3 is 15.5 Å². The number of fused-ring (bicyclic) bond motifs is 2. The summed E-state index contributed by atoms with van der Waals surface area (Å²) in [5.41, 5.74) is 3.76. The van der Waals surface area contributed by atoms with Crippen LogP contribution in [0.3, 0.4) is 0 Å². The van der Waals surface area contributed by atoms with E-state index < -0.39 is 23.9 Å². The Kier molecular flexibility index (Phi) is 4.93. The zero-order valence-electron chi connectivity index (χ0n) is 17.4. The molecule has 0 aliphatic carbocycles. The van der Waals surface area contributed by atoms with E-state index in [1.54, 1.807) is 43.4 Å². The van der Waals surface area contributed by atoms with Gasteiger partial charge in [-0.05, 0) is 29.8 Å². The van der Waals surface area contributed by atoms with Gasteiger partial charge in [-0.3, -0.25) is 9.59 Å². The zero-order chi connectivity index (χ0) is 22.2. The lowest BCUT2D eigenvalue weighted by Crippen LogP contribution is -2.50. The minimum atomic E-state index is -1.18. The van der Waals surface area contributed by atoms with Gasteiger partial charge in [0.1, 0.15) is 11.9 Å². The number of para-hydroxylation sites is 2. The number of anilines is 2. The van der Waals surface area contributed by atoms with Crippen LogP contribution >= 0.6 is 0 Å². The zero-order valence-corrected chi connectivity index (χ0v) is 17.4. The number of benzene rings is 3. The molecule has 2 atom stereocenters. The summed E-state index contributed by atoms with van der Waals surface area (Å²) < 4.78 is 14.7. The van der Waals surface area contributed by atoms with Crippen LogP contribution in [0.2, 0.25) is 0 Å². The lowest BCUT2D eigenvalue weighted by Gasteiger charge is -2.22. The van der Waals surface area contributed by atoms with E-state index in [9.17, 15) is 14.0 Å². The number of amides is 2. The summed E-state index contributed by atoms with van der Waals surface area (Å²) in [6, 6.07) is 20.7. The van der Waals surface area contributed by atoms with Gasteiger partial charge in [0.05, 0.1) is 11.4 Å². The highest BCUT2D eigenvalue weighted by atomic mass is 19.1. The molecule has 0 bridgehead atoms. The van der Waals surface area contributed by atoms with Crippen molar-refractivity contribution >= 4 is 28.9 Å². The summed E-state index contributed by atoms with van der Waals surface area (Å²) in [6.07, 6.45) is -0.664. The quantitative estimate of drug-likeness (QED) is 0.673. The molecule has 7 heteroatoms. The Bertz CT molecular complexity index is 1230. The number of carbonyl (C=O) groups is 2. The third-order valence-corrected chi connectivity index (χ3v) is 5.84. The molecular formula is C25H21FN4O2. The van der Waals surface area contributed by atoms with Gasteiger partial charge in [0, 0.05) is 30.3 Å². The van der Waals surface area contributed by atoms with Crippen LogP contribution in [-0.4, -0.2) is 36.8 Å². The third kappa shape index (κ3) is 3.41. The topological polar surface area (TPSA) is 73.8 Å². The maximum Gasteiger partial charge on any atom is 0.272 e. The smallest absolute Gasteiger partial charge is 0.272 e. The van der Waals surface area contributed by atoms with Crippen LogP contribution in [0.25, 0.3) is 0 Å². The Labute approximate surface area is 184 Å². The number of carbonyl (C=O) groups excluding carboxylic acids is 2. The molecule has 6 nitrogen and oxygen atoms in total. The molecule has 160 valence electrons. The van der Waals surface area contributed by atoms with E-state index in [2.05, 4.69) is 15.6 Å². The number of rotatable bonds is 3. The van der Waals surface area contributed by atoms with Gasteiger partial charge in [0.2, 0.25) is 12.1 Å². The first-order chi connectivity index (χ1) is 15.5. The molecule has 3 aromatic carbocycles. The minimum absolute atomic E-state index is 0.272. The molecule has 2 amide bonds. The van der Waals surface area contributed by atoms with E-state index in [1.165, 1.54) is 11.0 Å². The molecule has 0 radical (unpaired) electrons. The molecule has 1 unspecified atom stereocenters. The average molecular weight is 428 g/mol. The first-order valence-electron chi connectivity index (χ1n) is 10.4. The Morgan fingerprint density at radius 2 is 1.72 bits per heavy atom. The highest BCUT2D eigenvalue weighted by molar-refractivity contribution is 6.20. The largest absolute Gasteiger partial charge is 0.373 e. The SMILES string of the molecule is CN1C(=O)C(NC(=O)[C@H]2Cc3ccccc3N2)N=C(c2ccccc2F)c2ccccc21. The van der Waals surface area contributed by atoms with Crippen molar-refractivity contribution < 1.29 is 14.0 Å². The Morgan fingerprint density at radius 3 is 2.50 bits per heavy atom. The highest BCUT2D eigenvalue weighted by Gasteiger charge is 2.34. The summed E-state index contributed by atoms with van der Waals surface area (Å²) >= 11 is 0. The number of aliphatic imine (C=N–C) groups is 1. The normalized spacial score (nSPS) is 19.4. The predicted molar refractivity (Wildman–Crippen MR) is 121 cm³/mol. The van der Waals surface area contributed by atoms with Crippen molar-refractivity contribution in [3.8, 4) is 0 Å². The molecule has 2 aliphatic rings. The van der Waals surface area contributed by atoms with Crippen LogP contribution in [0.4, 0.5) is 15.8 Å². The summed E-state index contributed by atoms with van der Waals surface area (Å²) in [4.78, 5) is 32.3. The van der Waals surface area contributed by atoms with Crippen LogP contribution < -0.4 is 15.5 Å². The summed E-state index contributed by atoms with van der Waals surface area (Å²) in [5.74, 6) is -1.18. The molecule has 0 fully saturated rings. The number of nitrogens with zero attached hydrogens (tertiary/aromatic N) is 2. The Balaban J connectivity index is 1.51. The van der Waals surface area contributed by atoms with E-state index >= 15 is 0 Å². The second kappa shape index (κ2) is 7.92. The van der Waals surface area contributed by atoms with Crippen molar-refractivity contribution in [2.75, 3.05) is 17.3 Å². The summed E-state index contributed by atoms with van der Waals surface area (Å²) in [7, 11) is 1.63. The first kappa shape index (κ1) is 19.9. The number of benzodiazepines with no additional fused rings is 1. The van der Waals surface area contributed by atoms with E-state index in [0.29, 0.717) is 23.4 Å². The fraction of sp³-hybridized carbons (Fsp3) is 0.160. The molecule has 2 N–H and O–H groups in total. The van der Waals surface area contributed by atoms with Gasteiger partial charge in [-0.15, -0.1) is 0 Å². The van der Waals surface area contributed by atoms with E-state index in [0.717, 1.165) is 11.3 Å². The molecular weight excluding hydrogens is 407 g/mol. The van der Waals surface area contributed by atoms with Gasteiger partial charge in [-0.25, -0.2) is 9.38 Å². The number of halogens is 1. The van der Waals surface area contributed by atoms with Crippen molar-refractivity contribution in [1.29, 1.82) is 0 Å². The minimum Gasteiger partial charge on any atom is -0.373 e. The Morgan fingerprint density at radius 1 is 1.03 bits per heavy atom. The summed E-state index contributed by atoms with van der Waals surface area (Å²) in [5, 5.41) is 5.96.